The van der Waals surface area contributed by atoms with Crippen LogP contribution in [0, 0.1) is 0 Å². The van der Waals surface area contributed by atoms with Gasteiger partial charge in [-0.3, -0.25) is 4.79 Å². The van der Waals surface area contributed by atoms with E-state index in [1.165, 1.54) is 5.19 Å². The molecule has 0 heterocycles. The van der Waals surface area contributed by atoms with Crippen LogP contribution in [0.3, 0.4) is 0 Å². The van der Waals surface area contributed by atoms with Crippen LogP contribution in [0.25, 0.3) is 0 Å². The summed E-state index contributed by atoms with van der Waals surface area (Å²) in [5, 5.41) is 4.61. The lowest BCUT2D eigenvalue weighted by Crippen LogP contribution is -2.39. The standard InChI is InChI=1S/C22H27Cl2NO3Si/c1-22(2,3)28-21(27)25-19(15-9-12-17(23)18(24)13-15)20(26)14-7-10-16(11-8-14)29(4,5)6/h7-13,19H,1-6H3,(H,25,27). The SMILES string of the molecule is CC(C)(C)OC(=O)NC(C(=O)c1ccc([Si](C)(C)C)cc1)c1ccc(Cl)c(Cl)c1. The Kier molecular flexibility index (Phi) is 7.20. The number of hydrogen-bond acceptors (Lipinski definition) is 3. The number of nitrogens with one attached hydrogen (secondary N) is 1. The van der Waals surface area contributed by atoms with Crippen LogP contribution in [0.1, 0.15) is 42.7 Å². The van der Waals surface area contributed by atoms with Gasteiger partial charge in [-0.25, -0.2) is 4.79 Å². The molecular formula is C22H27Cl2NO3Si. The maximum absolute atomic E-state index is 13.3. The van der Waals surface area contributed by atoms with Crippen LogP contribution in [0.15, 0.2) is 42.5 Å². The van der Waals surface area contributed by atoms with E-state index in [4.69, 9.17) is 27.9 Å². The van der Waals surface area contributed by atoms with Gasteiger partial charge in [0.1, 0.15) is 11.6 Å². The third-order valence-corrected chi connectivity index (χ3v) is 7.04. The summed E-state index contributed by atoms with van der Waals surface area (Å²) in [6.07, 6.45) is -0.680. The second kappa shape index (κ2) is 8.90. The minimum atomic E-state index is -1.48. The molecule has 0 bridgehead atoms. The number of carbonyl (C=O) groups is 2. The van der Waals surface area contributed by atoms with Gasteiger partial charge in [0.05, 0.1) is 18.1 Å². The first-order valence-corrected chi connectivity index (χ1v) is 13.6. The minimum Gasteiger partial charge on any atom is -0.444 e. The number of hydrogen-bond donors (Lipinski definition) is 1. The molecule has 2 aromatic rings. The average molecular weight is 452 g/mol. The lowest BCUT2D eigenvalue weighted by molar-refractivity contribution is 0.0491. The van der Waals surface area contributed by atoms with Crippen LogP contribution in [0.5, 0.6) is 0 Å². The summed E-state index contributed by atoms with van der Waals surface area (Å²) < 4.78 is 5.34. The number of Topliss-reactive ketones (excluding diaryl/α,β-unsaturated/α-hetero) is 1. The zero-order valence-corrected chi connectivity index (χ0v) is 20.1. The van der Waals surface area contributed by atoms with E-state index in [1.54, 1.807) is 51.1 Å². The van der Waals surface area contributed by atoms with Crippen molar-refractivity contribution in [2.75, 3.05) is 0 Å². The first-order chi connectivity index (χ1) is 13.3. The smallest absolute Gasteiger partial charge is 0.408 e. The largest absolute Gasteiger partial charge is 0.444 e. The van der Waals surface area contributed by atoms with Crippen molar-refractivity contribution >= 4 is 48.3 Å². The van der Waals surface area contributed by atoms with E-state index in [9.17, 15) is 9.59 Å². The van der Waals surface area contributed by atoms with E-state index in [0.717, 1.165) is 0 Å². The predicted molar refractivity (Wildman–Crippen MR) is 122 cm³/mol. The molecule has 2 aromatic carbocycles. The highest BCUT2D eigenvalue weighted by Gasteiger charge is 2.27. The van der Waals surface area contributed by atoms with Gasteiger partial charge >= 0.3 is 6.09 Å². The molecule has 29 heavy (non-hydrogen) atoms. The zero-order valence-electron chi connectivity index (χ0n) is 17.6. The van der Waals surface area contributed by atoms with Crippen molar-refractivity contribution in [1.29, 1.82) is 0 Å². The quantitative estimate of drug-likeness (QED) is 0.448. The molecule has 1 amide bonds. The first kappa shape index (κ1) is 23.5. The summed E-state index contributed by atoms with van der Waals surface area (Å²) in [5.41, 5.74) is 0.345. The monoisotopic (exact) mass is 451 g/mol. The Bertz CT molecular complexity index is 900. The van der Waals surface area contributed by atoms with Crippen LogP contribution < -0.4 is 10.5 Å². The van der Waals surface area contributed by atoms with Crippen LogP contribution >= 0.6 is 23.2 Å². The Morgan fingerprint density at radius 1 is 0.966 bits per heavy atom. The number of ketones is 1. The molecule has 0 saturated carbocycles. The molecule has 0 radical (unpaired) electrons. The molecule has 0 aliphatic rings. The van der Waals surface area contributed by atoms with Crippen molar-refractivity contribution in [2.45, 2.75) is 52.1 Å². The fourth-order valence-corrected chi connectivity index (χ4v) is 4.19. The van der Waals surface area contributed by atoms with Gasteiger partial charge in [0.2, 0.25) is 0 Å². The van der Waals surface area contributed by atoms with Gasteiger partial charge in [-0.15, -0.1) is 0 Å². The van der Waals surface area contributed by atoms with Gasteiger partial charge in [0.25, 0.3) is 0 Å². The molecule has 4 nitrogen and oxygen atoms in total. The van der Waals surface area contributed by atoms with Crippen molar-refractivity contribution in [3.8, 4) is 0 Å². The molecule has 2 rings (SSSR count). The Hall–Kier alpha value is -1.82. The number of alkyl carbamates (subject to hydrolysis) is 1. The summed E-state index contributed by atoms with van der Waals surface area (Å²) in [5.74, 6) is -0.253. The summed E-state index contributed by atoms with van der Waals surface area (Å²) >= 11 is 12.1. The molecule has 7 heteroatoms. The maximum Gasteiger partial charge on any atom is 0.408 e. The van der Waals surface area contributed by atoms with Crippen molar-refractivity contribution < 1.29 is 14.3 Å². The number of halogens is 2. The van der Waals surface area contributed by atoms with E-state index < -0.39 is 25.8 Å². The fraction of sp³-hybridized carbons (Fsp3) is 0.364. The Morgan fingerprint density at radius 2 is 1.55 bits per heavy atom. The molecule has 1 N–H and O–H groups in total. The highest BCUT2D eigenvalue weighted by molar-refractivity contribution is 6.88. The van der Waals surface area contributed by atoms with Crippen molar-refractivity contribution in [1.82, 2.24) is 5.32 Å². The molecule has 1 atom stereocenters. The van der Waals surface area contributed by atoms with Crippen molar-refractivity contribution in [3.05, 3.63) is 63.6 Å². The number of ether oxygens (including phenoxy) is 1. The van der Waals surface area contributed by atoms with Crippen molar-refractivity contribution in [2.24, 2.45) is 0 Å². The summed E-state index contributed by atoms with van der Waals surface area (Å²) in [7, 11) is -1.48. The molecule has 0 aliphatic heterocycles. The van der Waals surface area contributed by atoms with E-state index in [2.05, 4.69) is 25.0 Å². The lowest BCUT2D eigenvalue weighted by atomic mass is 9.97. The minimum absolute atomic E-state index is 0.253. The highest BCUT2D eigenvalue weighted by Crippen LogP contribution is 2.28. The Balaban J connectivity index is 2.39. The third kappa shape index (κ3) is 6.59. The zero-order chi connectivity index (χ0) is 22.0. The summed E-state index contributed by atoms with van der Waals surface area (Å²) in [6.45, 7) is 12.0. The normalized spacial score (nSPS) is 13.0. The van der Waals surface area contributed by atoms with Crippen LogP contribution in [0.4, 0.5) is 4.79 Å². The number of carbonyl (C=O) groups excluding carboxylic acids is 2. The van der Waals surface area contributed by atoms with Gasteiger partial charge in [0, 0.05) is 5.56 Å². The van der Waals surface area contributed by atoms with Gasteiger partial charge in [-0.05, 0) is 38.5 Å². The van der Waals surface area contributed by atoms with E-state index in [-0.39, 0.29) is 5.78 Å². The fourth-order valence-electron chi connectivity index (χ4n) is 2.72. The van der Waals surface area contributed by atoms with Gasteiger partial charge < -0.3 is 10.1 Å². The van der Waals surface area contributed by atoms with Crippen LogP contribution in [-0.4, -0.2) is 25.6 Å². The van der Waals surface area contributed by atoms with Gasteiger partial charge in [0.15, 0.2) is 5.78 Å². The van der Waals surface area contributed by atoms with E-state index in [0.29, 0.717) is 21.2 Å². The second-order valence-corrected chi connectivity index (χ2v) is 14.8. The Morgan fingerprint density at radius 3 is 2.03 bits per heavy atom. The molecule has 156 valence electrons. The van der Waals surface area contributed by atoms with E-state index in [1.807, 2.05) is 12.1 Å². The number of rotatable bonds is 5. The highest BCUT2D eigenvalue weighted by atomic mass is 35.5. The second-order valence-electron chi connectivity index (χ2n) is 8.94. The Labute approximate surface area is 183 Å². The molecule has 0 fully saturated rings. The first-order valence-electron chi connectivity index (χ1n) is 9.37. The van der Waals surface area contributed by atoms with E-state index >= 15 is 0 Å². The maximum atomic E-state index is 13.3. The predicted octanol–water partition coefficient (Wildman–Crippen LogP) is 5.99. The summed E-state index contributed by atoms with van der Waals surface area (Å²) in [4.78, 5) is 25.6. The lowest BCUT2D eigenvalue weighted by Gasteiger charge is -2.24. The molecule has 1 unspecified atom stereocenters. The number of benzene rings is 2. The van der Waals surface area contributed by atoms with Crippen LogP contribution in [0.2, 0.25) is 29.7 Å². The van der Waals surface area contributed by atoms with Crippen LogP contribution in [-0.2, 0) is 4.74 Å². The molecular weight excluding hydrogens is 425 g/mol. The van der Waals surface area contributed by atoms with Gasteiger partial charge in [-0.1, -0.05) is 78.4 Å². The summed E-state index contributed by atoms with van der Waals surface area (Å²) in [6, 6.07) is 11.5. The topological polar surface area (TPSA) is 55.4 Å². The molecule has 0 saturated heterocycles. The van der Waals surface area contributed by atoms with Crippen molar-refractivity contribution in [3.63, 3.8) is 0 Å². The average Bonchev–Trinajstić information content (AvgIpc) is 2.59. The molecule has 0 spiro atoms. The van der Waals surface area contributed by atoms with Gasteiger partial charge in [-0.2, -0.15) is 0 Å². The molecule has 0 aliphatic carbocycles. The molecule has 0 aromatic heterocycles. The third-order valence-electron chi connectivity index (χ3n) is 4.24. The number of amides is 1.